The van der Waals surface area contributed by atoms with Gasteiger partial charge < -0.3 is 10.1 Å². The molecular formula is C18H13NO. The quantitative estimate of drug-likeness (QED) is 0.511. The average Bonchev–Trinajstić information content (AvgIpc) is 2.86. The van der Waals surface area contributed by atoms with Crippen LogP contribution in [0.1, 0.15) is 0 Å². The van der Waals surface area contributed by atoms with Crippen molar-refractivity contribution in [1.29, 1.82) is 0 Å². The largest absolute Gasteiger partial charge is 0.507 e. The summed E-state index contributed by atoms with van der Waals surface area (Å²) in [5, 5.41) is 12.5. The van der Waals surface area contributed by atoms with E-state index >= 15 is 0 Å². The van der Waals surface area contributed by atoms with E-state index in [1.54, 1.807) is 6.07 Å². The van der Waals surface area contributed by atoms with Gasteiger partial charge in [-0.15, -0.1) is 0 Å². The maximum atomic E-state index is 10.1. The molecule has 1 aromatic heterocycles. The van der Waals surface area contributed by atoms with Gasteiger partial charge in [-0.05, 0) is 23.8 Å². The normalized spacial score (nSPS) is 11.2. The zero-order valence-corrected chi connectivity index (χ0v) is 10.8. The number of benzene rings is 3. The van der Waals surface area contributed by atoms with E-state index in [0.717, 1.165) is 27.5 Å². The van der Waals surface area contributed by atoms with Crippen molar-refractivity contribution in [1.82, 2.24) is 4.98 Å². The monoisotopic (exact) mass is 259 g/mol. The second-order valence-electron chi connectivity index (χ2n) is 4.92. The highest BCUT2D eigenvalue weighted by Crippen LogP contribution is 2.37. The maximum Gasteiger partial charge on any atom is 0.123 e. The van der Waals surface area contributed by atoms with Gasteiger partial charge >= 0.3 is 0 Å². The molecule has 0 aliphatic heterocycles. The molecule has 0 fully saturated rings. The van der Waals surface area contributed by atoms with Gasteiger partial charge in [-0.1, -0.05) is 48.5 Å². The molecule has 2 nitrogen and oxygen atoms in total. The number of phenols is 1. The third-order valence-electron chi connectivity index (χ3n) is 3.72. The number of aromatic amines is 1. The first-order valence-electron chi connectivity index (χ1n) is 6.62. The van der Waals surface area contributed by atoms with Gasteiger partial charge in [0.2, 0.25) is 0 Å². The Morgan fingerprint density at radius 2 is 1.35 bits per heavy atom. The fourth-order valence-electron chi connectivity index (χ4n) is 2.83. The topological polar surface area (TPSA) is 36.0 Å². The SMILES string of the molecule is Oc1ccccc1-c1cccc2[nH]c3ccccc3c12. The van der Waals surface area contributed by atoms with E-state index in [1.807, 2.05) is 36.4 Å². The van der Waals surface area contributed by atoms with Crippen LogP contribution in [-0.4, -0.2) is 10.1 Å². The van der Waals surface area contributed by atoms with Crippen molar-refractivity contribution in [2.24, 2.45) is 0 Å². The number of aromatic nitrogens is 1. The fraction of sp³-hybridized carbons (Fsp3) is 0. The molecule has 0 saturated heterocycles. The summed E-state index contributed by atoms with van der Waals surface area (Å²) >= 11 is 0. The first-order chi connectivity index (χ1) is 9.84. The number of nitrogens with one attached hydrogen (secondary N) is 1. The van der Waals surface area contributed by atoms with Crippen LogP contribution in [0.25, 0.3) is 32.9 Å². The van der Waals surface area contributed by atoms with E-state index in [9.17, 15) is 5.11 Å². The summed E-state index contributed by atoms with van der Waals surface area (Å²) < 4.78 is 0. The first kappa shape index (κ1) is 11.1. The van der Waals surface area contributed by atoms with E-state index in [2.05, 4.69) is 29.2 Å². The third-order valence-corrected chi connectivity index (χ3v) is 3.72. The van der Waals surface area contributed by atoms with Crippen LogP contribution in [0.2, 0.25) is 0 Å². The number of para-hydroxylation sites is 2. The van der Waals surface area contributed by atoms with Gasteiger partial charge in [0.1, 0.15) is 5.75 Å². The lowest BCUT2D eigenvalue weighted by Gasteiger charge is -2.06. The van der Waals surface area contributed by atoms with Gasteiger partial charge in [-0.3, -0.25) is 0 Å². The molecule has 0 atom stereocenters. The number of hydrogen-bond donors (Lipinski definition) is 2. The summed E-state index contributed by atoms with van der Waals surface area (Å²) in [4.78, 5) is 3.43. The van der Waals surface area contributed by atoms with E-state index in [1.165, 1.54) is 5.39 Å². The molecule has 1 heterocycles. The minimum Gasteiger partial charge on any atom is -0.507 e. The van der Waals surface area contributed by atoms with E-state index < -0.39 is 0 Å². The van der Waals surface area contributed by atoms with Crippen molar-refractivity contribution in [3.05, 3.63) is 66.7 Å². The number of H-pyrrole nitrogens is 1. The van der Waals surface area contributed by atoms with Crippen molar-refractivity contribution in [3.8, 4) is 16.9 Å². The summed E-state index contributed by atoms with van der Waals surface area (Å²) in [5.41, 5.74) is 4.12. The molecule has 0 aliphatic rings. The Labute approximate surface area is 116 Å². The molecule has 0 radical (unpaired) electrons. The molecule has 0 spiro atoms. The maximum absolute atomic E-state index is 10.1. The van der Waals surface area contributed by atoms with Crippen LogP contribution in [0.4, 0.5) is 0 Å². The summed E-state index contributed by atoms with van der Waals surface area (Å²) in [7, 11) is 0. The second kappa shape index (κ2) is 4.14. The lowest BCUT2D eigenvalue weighted by molar-refractivity contribution is 0.477. The van der Waals surface area contributed by atoms with Gasteiger partial charge in [0.05, 0.1) is 0 Å². The van der Waals surface area contributed by atoms with Gasteiger partial charge in [0, 0.05) is 27.4 Å². The lowest BCUT2D eigenvalue weighted by atomic mass is 9.99. The molecule has 96 valence electrons. The Balaban J connectivity index is 2.17. The van der Waals surface area contributed by atoms with Crippen molar-refractivity contribution in [2.45, 2.75) is 0 Å². The first-order valence-corrected chi connectivity index (χ1v) is 6.62. The van der Waals surface area contributed by atoms with Crippen molar-refractivity contribution < 1.29 is 5.11 Å². The van der Waals surface area contributed by atoms with Crippen LogP contribution in [0, 0.1) is 0 Å². The Kier molecular flexibility index (Phi) is 2.30. The minimum absolute atomic E-state index is 0.310. The molecule has 0 saturated carbocycles. The van der Waals surface area contributed by atoms with Crippen LogP contribution in [0.15, 0.2) is 66.7 Å². The minimum atomic E-state index is 0.310. The summed E-state index contributed by atoms with van der Waals surface area (Å²) in [6.07, 6.45) is 0. The summed E-state index contributed by atoms with van der Waals surface area (Å²) in [6.45, 7) is 0. The highest BCUT2D eigenvalue weighted by molar-refractivity contribution is 6.14. The average molecular weight is 259 g/mol. The van der Waals surface area contributed by atoms with Crippen LogP contribution in [0.5, 0.6) is 5.75 Å². The standard InChI is InChI=1S/C18H13NO/c20-17-11-4-2-6-12(17)13-8-5-10-16-18(13)14-7-1-3-9-15(14)19-16/h1-11,19-20H. The Hall–Kier alpha value is -2.74. The molecule has 0 bridgehead atoms. The van der Waals surface area contributed by atoms with Gasteiger partial charge in [0.15, 0.2) is 0 Å². The predicted molar refractivity (Wildman–Crippen MR) is 82.9 cm³/mol. The molecule has 2 heteroatoms. The summed E-state index contributed by atoms with van der Waals surface area (Å²) in [5.74, 6) is 0.310. The van der Waals surface area contributed by atoms with Crippen molar-refractivity contribution >= 4 is 21.8 Å². The van der Waals surface area contributed by atoms with Crippen LogP contribution in [0.3, 0.4) is 0 Å². The van der Waals surface area contributed by atoms with Gasteiger partial charge in [-0.25, -0.2) is 0 Å². The molecule has 2 N–H and O–H groups in total. The fourth-order valence-corrected chi connectivity index (χ4v) is 2.83. The Morgan fingerprint density at radius 3 is 2.25 bits per heavy atom. The highest BCUT2D eigenvalue weighted by Gasteiger charge is 2.11. The van der Waals surface area contributed by atoms with Crippen LogP contribution >= 0.6 is 0 Å². The lowest BCUT2D eigenvalue weighted by Crippen LogP contribution is -1.80. The third kappa shape index (κ3) is 1.51. The molecule has 0 aliphatic carbocycles. The molecule has 0 amide bonds. The predicted octanol–water partition coefficient (Wildman–Crippen LogP) is 4.69. The van der Waals surface area contributed by atoms with Crippen molar-refractivity contribution in [2.75, 3.05) is 0 Å². The molecular weight excluding hydrogens is 246 g/mol. The molecule has 3 aromatic carbocycles. The number of rotatable bonds is 1. The molecule has 0 unspecified atom stereocenters. The van der Waals surface area contributed by atoms with Crippen LogP contribution < -0.4 is 0 Å². The molecule has 20 heavy (non-hydrogen) atoms. The number of aromatic hydroxyl groups is 1. The van der Waals surface area contributed by atoms with Gasteiger partial charge in [0.25, 0.3) is 0 Å². The second-order valence-corrected chi connectivity index (χ2v) is 4.92. The number of fused-ring (bicyclic) bond motifs is 3. The van der Waals surface area contributed by atoms with Crippen molar-refractivity contribution in [3.63, 3.8) is 0 Å². The highest BCUT2D eigenvalue weighted by atomic mass is 16.3. The zero-order valence-electron chi connectivity index (χ0n) is 10.8. The van der Waals surface area contributed by atoms with E-state index in [4.69, 9.17) is 0 Å². The molecule has 4 aromatic rings. The smallest absolute Gasteiger partial charge is 0.123 e. The molecule has 4 rings (SSSR count). The number of phenolic OH excluding ortho intramolecular Hbond substituents is 1. The van der Waals surface area contributed by atoms with Gasteiger partial charge in [-0.2, -0.15) is 0 Å². The van der Waals surface area contributed by atoms with Crippen LogP contribution in [-0.2, 0) is 0 Å². The Bertz CT molecular complexity index is 921. The number of hydrogen-bond acceptors (Lipinski definition) is 1. The zero-order chi connectivity index (χ0) is 13.5. The Morgan fingerprint density at radius 1 is 0.650 bits per heavy atom. The van der Waals surface area contributed by atoms with E-state index in [0.29, 0.717) is 5.75 Å². The van der Waals surface area contributed by atoms with E-state index in [-0.39, 0.29) is 0 Å². The summed E-state index contributed by atoms with van der Waals surface area (Å²) in [6, 6.07) is 21.8.